The molecule has 162 valence electrons. The number of rotatable bonds is 6. The van der Waals surface area contributed by atoms with E-state index in [9.17, 15) is 9.59 Å². The summed E-state index contributed by atoms with van der Waals surface area (Å²) in [6.45, 7) is 0.287. The summed E-state index contributed by atoms with van der Waals surface area (Å²) in [4.78, 5) is 26.7. The van der Waals surface area contributed by atoms with Crippen LogP contribution in [0.4, 0.5) is 10.5 Å². The molecule has 4 rings (SSSR count). The van der Waals surface area contributed by atoms with Gasteiger partial charge in [-0.25, -0.2) is 4.90 Å². The van der Waals surface area contributed by atoms with Crippen molar-refractivity contribution in [2.75, 3.05) is 12.0 Å². The number of anilines is 1. The van der Waals surface area contributed by atoms with Crippen LogP contribution in [0.2, 0.25) is 10.0 Å². The highest BCUT2D eigenvalue weighted by Gasteiger charge is 2.36. The maximum Gasteiger partial charge on any atom is 0.298 e. The molecule has 0 N–H and O–H groups in total. The molecule has 0 bridgehead atoms. The number of thioether (sulfide) groups is 1. The standard InChI is InChI=1S/C24H17Cl2NO4S/c1-30-21-12-15(6-11-20(21)31-14-16-4-2-3-5-19(16)26)13-22-23(28)27(24(29)32-22)18-9-7-17(25)8-10-18/h2-13H,14H2,1H3/b22-13-. The number of halogens is 2. The second-order valence-electron chi connectivity index (χ2n) is 6.78. The molecule has 3 aromatic carbocycles. The summed E-state index contributed by atoms with van der Waals surface area (Å²) in [7, 11) is 1.54. The van der Waals surface area contributed by atoms with Crippen molar-refractivity contribution in [3.63, 3.8) is 0 Å². The van der Waals surface area contributed by atoms with Gasteiger partial charge in [0.05, 0.1) is 17.7 Å². The summed E-state index contributed by atoms with van der Waals surface area (Å²) < 4.78 is 11.3. The Labute approximate surface area is 199 Å². The predicted octanol–water partition coefficient (Wildman–Crippen LogP) is 6.82. The summed E-state index contributed by atoms with van der Waals surface area (Å²) in [6, 6.07) is 19.3. The summed E-state index contributed by atoms with van der Waals surface area (Å²) in [6.07, 6.45) is 1.65. The lowest BCUT2D eigenvalue weighted by molar-refractivity contribution is -0.113. The van der Waals surface area contributed by atoms with Crippen LogP contribution in [-0.4, -0.2) is 18.3 Å². The number of hydrogen-bond acceptors (Lipinski definition) is 5. The molecule has 32 heavy (non-hydrogen) atoms. The van der Waals surface area contributed by atoms with E-state index in [-0.39, 0.29) is 17.8 Å². The van der Waals surface area contributed by atoms with Gasteiger partial charge in [-0.05, 0) is 65.9 Å². The van der Waals surface area contributed by atoms with Gasteiger partial charge in [0.2, 0.25) is 0 Å². The molecule has 0 radical (unpaired) electrons. The van der Waals surface area contributed by atoms with E-state index in [4.69, 9.17) is 32.7 Å². The van der Waals surface area contributed by atoms with E-state index in [1.54, 1.807) is 54.6 Å². The van der Waals surface area contributed by atoms with Gasteiger partial charge in [-0.1, -0.05) is 47.5 Å². The summed E-state index contributed by atoms with van der Waals surface area (Å²) >= 11 is 13.0. The van der Waals surface area contributed by atoms with Crippen LogP contribution < -0.4 is 14.4 Å². The van der Waals surface area contributed by atoms with Crippen LogP contribution in [0.1, 0.15) is 11.1 Å². The molecule has 0 aromatic heterocycles. The first-order chi connectivity index (χ1) is 15.5. The first-order valence-corrected chi connectivity index (χ1v) is 11.1. The second-order valence-corrected chi connectivity index (χ2v) is 8.62. The topological polar surface area (TPSA) is 55.8 Å². The van der Waals surface area contributed by atoms with E-state index in [1.807, 2.05) is 18.2 Å². The van der Waals surface area contributed by atoms with Crippen molar-refractivity contribution in [2.24, 2.45) is 0 Å². The fourth-order valence-corrected chi connectivity index (χ4v) is 4.25. The van der Waals surface area contributed by atoms with Crippen LogP contribution in [0.3, 0.4) is 0 Å². The van der Waals surface area contributed by atoms with E-state index in [0.717, 1.165) is 22.2 Å². The van der Waals surface area contributed by atoms with Crippen molar-refractivity contribution >= 4 is 57.9 Å². The van der Waals surface area contributed by atoms with Gasteiger partial charge < -0.3 is 9.47 Å². The number of ether oxygens (including phenoxy) is 2. The van der Waals surface area contributed by atoms with Gasteiger partial charge in [-0.3, -0.25) is 9.59 Å². The van der Waals surface area contributed by atoms with Crippen molar-refractivity contribution in [2.45, 2.75) is 6.61 Å². The van der Waals surface area contributed by atoms with Crippen molar-refractivity contribution in [3.05, 3.63) is 92.8 Å². The second kappa shape index (κ2) is 9.69. The lowest BCUT2D eigenvalue weighted by Crippen LogP contribution is -2.27. The molecule has 2 amide bonds. The molecular weight excluding hydrogens is 469 g/mol. The lowest BCUT2D eigenvalue weighted by Gasteiger charge is -2.13. The Hall–Kier alpha value is -2.93. The number of methoxy groups -OCH3 is 1. The fraction of sp³-hybridized carbons (Fsp3) is 0.0833. The van der Waals surface area contributed by atoms with Gasteiger partial charge >= 0.3 is 0 Å². The van der Waals surface area contributed by atoms with Gasteiger partial charge in [0.25, 0.3) is 11.1 Å². The van der Waals surface area contributed by atoms with Crippen LogP contribution in [0.15, 0.2) is 71.6 Å². The van der Waals surface area contributed by atoms with Crippen molar-refractivity contribution in [3.8, 4) is 11.5 Å². The van der Waals surface area contributed by atoms with Crippen molar-refractivity contribution in [1.82, 2.24) is 0 Å². The Morgan fingerprint density at radius 2 is 1.72 bits per heavy atom. The van der Waals surface area contributed by atoms with E-state index in [0.29, 0.717) is 37.7 Å². The van der Waals surface area contributed by atoms with Gasteiger partial charge in [-0.2, -0.15) is 0 Å². The average Bonchev–Trinajstić information content (AvgIpc) is 3.07. The summed E-state index contributed by atoms with van der Waals surface area (Å²) in [5.41, 5.74) is 2.03. The minimum Gasteiger partial charge on any atom is -0.493 e. The van der Waals surface area contributed by atoms with Crippen LogP contribution in [-0.2, 0) is 11.4 Å². The zero-order valence-electron chi connectivity index (χ0n) is 16.9. The number of hydrogen-bond donors (Lipinski definition) is 0. The first kappa shape index (κ1) is 22.3. The molecule has 0 spiro atoms. The third-order valence-corrected chi connectivity index (χ3v) is 6.20. The van der Waals surface area contributed by atoms with Crippen LogP contribution >= 0.6 is 35.0 Å². The van der Waals surface area contributed by atoms with E-state index in [1.165, 1.54) is 7.11 Å². The lowest BCUT2D eigenvalue weighted by atomic mass is 10.1. The fourth-order valence-electron chi connectivity index (χ4n) is 3.10. The highest BCUT2D eigenvalue weighted by molar-refractivity contribution is 8.19. The SMILES string of the molecule is COc1cc(/C=C2\SC(=O)N(c3ccc(Cl)cc3)C2=O)ccc1OCc1ccccc1Cl. The Bertz CT molecular complexity index is 1210. The summed E-state index contributed by atoms with van der Waals surface area (Å²) in [5, 5.41) is 0.787. The minimum absolute atomic E-state index is 0.287. The highest BCUT2D eigenvalue weighted by atomic mass is 35.5. The van der Waals surface area contributed by atoms with E-state index in [2.05, 4.69) is 0 Å². The zero-order valence-corrected chi connectivity index (χ0v) is 19.2. The molecule has 1 aliphatic heterocycles. The number of carbonyl (C=O) groups is 2. The Morgan fingerprint density at radius 1 is 0.969 bits per heavy atom. The van der Waals surface area contributed by atoms with Gasteiger partial charge in [-0.15, -0.1) is 0 Å². The maximum atomic E-state index is 12.8. The van der Waals surface area contributed by atoms with Crippen molar-refractivity contribution in [1.29, 1.82) is 0 Å². The minimum atomic E-state index is -0.389. The highest BCUT2D eigenvalue weighted by Crippen LogP contribution is 2.37. The first-order valence-electron chi connectivity index (χ1n) is 9.54. The van der Waals surface area contributed by atoms with Crippen molar-refractivity contribution < 1.29 is 19.1 Å². The van der Waals surface area contributed by atoms with E-state index >= 15 is 0 Å². The van der Waals surface area contributed by atoms with Crippen LogP contribution in [0.25, 0.3) is 6.08 Å². The molecule has 0 saturated carbocycles. The van der Waals surface area contributed by atoms with Gasteiger partial charge in [0.15, 0.2) is 11.5 Å². The number of nitrogens with zero attached hydrogens (tertiary/aromatic N) is 1. The number of benzene rings is 3. The number of imide groups is 1. The van der Waals surface area contributed by atoms with Crippen LogP contribution in [0.5, 0.6) is 11.5 Å². The molecule has 0 unspecified atom stereocenters. The third-order valence-electron chi connectivity index (χ3n) is 4.70. The molecule has 1 fully saturated rings. The zero-order chi connectivity index (χ0) is 22.7. The molecule has 0 atom stereocenters. The molecule has 1 aliphatic rings. The van der Waals surface area contributed by atoms with Crippen LogP contribution in [0, 0.1) is 0 Å². The van der Waals surface area contributed by atoms with Gasteiger partial charge in [0, 0.05) is 15.6 Å². The third kappa shape index (κ3) is 4.78. The monoisotopic (exact) mass is 485 g/mol. The molecule has 1 saturated heterocycles. The molecule has 5 nitrogen and oxygen atoms in total. The number of amides is 2. The Morgan fingerprint density at radius 3 is 2.44 bits per heavy atom. The smallest absolute Gasteiger partial charge is 0.298 e. The van der Waals surface area contributed by atoms with Gasteiger partial charge in [0.1, 0.15) is 6.61 Å². The molecular formula is C24H17Cl2NO4S. The largest absolute Gasteiger partial charge is 0.493 e. The number of carbonyl (C=O) groups excluding carboxylic acids is 2. The summed E-state index contributed by atoms with van der Waals surface area (Å²) in [5.74, 6) is 0.655. The Balaban J connectivity index is 1.53. The molecule has 1 heterocycles. The van der Waals surface area contributed by atoms with E-state index < -0.39 is 0 Å². The Kier molecular flexibility index (Phi) is 6.74. The predicted molar refractivity (Wildman–Crippen MR) is 129 cm³/mol. The molecule has 8 heteroatoms. The maximum absolute atomic E-state index is 12.8. The normalized spacial score (nSPS) is 14.8. The average molecular weight is 486 g/mol. The molecule has 3 aromatic rings. The quantitative estimate of drug-likeness (QED) is 0.358. The molecule has 0 aliphatic carbocycles.